The summed E-state index contributed by atoms with van der Waals surface area (Å²) in [7, 11) is 0. The molecule has 4 aliphatic rings. The van der Waals surface area contributed by atoms with Crippen molar-refractivity contribution in [1.29, 1.82) is 0 Å². The van der Waals surface area contributed by atoms with E-state index in [1.165, 1.54) is 37.1 Å². The van der Waals surface area contributed by atoms with Gasteiger partial charge in [-0.3, -0.25) is 14.7 Å². The number of pyridine rings is 1. The quantitative estimate of drug-likeness (QED) is 0.526. The number of rotatable bonds is 4. The van der Waals surface area contributed by atoms with Crippen LogP contribution in [0.4, 0.5) is 0 Å². The lowest BCUT2D eigenvalue weighted by atomic mass is 9.63. The zero-order valence-electron chi connectivity index (χ0n) is 19.7. The van der Waals surface area contributed by atoms with Crippen molar-refractivity contribution in [3.63, 3.8) is 0 Å². The first kappa shape index (κ1) is 21.5. The van der Waals surface area contributed by atoms with Crippen LogP contribution in [0, 0.1) is 0 Å². The third kappa shape index (κ3) is 3.74. The standard InChI is InChI=1S/C30H33N3O/c34-29(25-13-16-31-17-14-25)33-20-15-30(32-18-7-8-19-32)21-26(23-9-3-1-4-10-23)28(33)27(22-30)24-11-5-2-6-12-24/h1-6,9-14,16-17,26-28H,7-8,15,18-22H2. The Bertz CT molecular complexity index is 1060. The molecule has 1 aromatic heterocycles. The van der Waals surface area contributed by atoms with E-state index in [-0.39, 0.29) is 17.5 Å². The third-order valence-corrected chi connectivity index (χ3v) is 8.62. The van der Waals surface area contributed by atoms with Gasteiger partial charge in [0.15, 0.2) is 0 Å². The Morgan fingerprint density at radius 2 is 1.32 bits per heavy atom. The van der Waals surface area contributed by atoms with Gasteiger partial charge in [-0.05, 0) is 68.5 Å². The summed E-state index contributed by atoms with van der Waals surface area (Å²) in [6.45, 7) is 3.19. The second-order valence-electron chi connectivity index (χ2n) is 10.3. The summed E-state index contributed by atoms with van der Waals surface area (Å²) in [6, 6.07) is 25.8. The van der Waals surface area contributed by atoms with Gasteiger partial charge in [0, 0.05) is 47.9 Å². The van der Waals surface area contributed by atoms with Crippen LogP contribution in [0.2, 0.25) is 0 Å². The highest BCUT2D eigenvalue weighted by Gasteiger charge is 2.55. The molecule has 3 aromatic rings. The maximum absolute atomic E-state index is 14.0. The molecule has 3 aliphatic heterocycles. The molecule has 2 atom stereocenters. The minimum absolute atomic E-state index is 0.140. The molecule has 34 heavy (non-hydrogen) atoms. The van der Waals surface area contributed by atoms with Gasteiger partial charge in [-0.25, -0.2) is 0 Å². The van der Waals surface area contributed by atoms with Crippen LogP contribution in [-0.2, 0) is 0 Å². The zero-order valence-corrected chi connectivity index (χ0v) is 19.7. The Hall–Kier alpha value is -2.98. The van der Waals surface area contributed by atoms with E-state index in [1.807, 2.05) is 12.1 Å². The van der Waals surface area contributed by atoms with Gasteiger partial charge >= 0.3 is 0 Å². The Balaban J connectivity index is 1.51. The molecule has 1 aliphatic carbocycles. The molecule has 2 unspecified atom stereocenters. The van der Waals surface area contributed by atoms with Crippen molar-refractivity contribution in [1.82, 2.24) is 14.8 Å². The van der Waals surface area contributed by atoms with Gasteiger partial charge < -0.3 is 4.90 Å². The molecular formula is C30H33N3O. The number of likely N-dealkylation sites (tertiary alicyclic amines) is 1. The van der Waals surface area contributed by atoms with Crippen LogP contribution in [0.3, 0.4) is 0 Å². The SMILES string of the molecule is O=C(c1ccncc1)N1CCC2(N3CCCC3)CC(c3ccccc3)C1C(c1ccccc1)C2. The Morgan fingerprint density at radius 3 is 1.88 bits per heavy atom. The normalized spacial score (nSPS) is 29.2. The third-order valence-electron chi connectivity index (χ3n) is 8.62. The highest BCUT2D eigenvalue weighted by atomic mass is 16.2. The highest BCUT2D eigenvalue weighted by Crippen LogP contribution is 2.54. The number of hydrogen-bond donors (Lipinski definition) is 0. The number of amides is 1. The van der Waals surface area contributed by atoms with E-state index in [1.54, 1.807) is 12.4 Å². The first-order valence-corrected chi connectivity index (χ1v) is 12.8. The van der Waals surface area contributed by atoms with Crippen LogP contribution >= 0.6 is 0 Å². The van der Waals surface area contributed by atoms with E-state index in [0.717, 1.165) is 31.4 Å². The van der Waals surface area contributed by atoms with E-state index in [9.17, 15) is 4.79 Å². The number of carbonyl (C=O) groups excluding carboxylic acids is 1. The molecule has 0 N–H and O–H groups in total. The predicted octanol–water partition coefficient (Wildman–Crippen LogP) is 5.49. The molecule has 1 amide bonds. The maximum atomic E-state index is 14.0. The van der Waals surface area contributed by atoms with Crippen molar-refractivity contribution in [3.8, 4) is 0 Å². The lowest BCUT2D eigenvalue weighted by molar-refractivity contribution is 0.0423. The number of fused-ring (bicyclic) bond motifs is 4. The lowest BCUT2D eigenvalue weighted by Gasteiger charge is -2.51. The number of carbonyl (C=O) groups is 1. The van der Waals surface area contributed by atoms with Gasteiger partial charge in [0.1, 0.15) is 0 Å². The lowest BCUT2D eigenvalue weighted by Crippen LogP contribution is -2.54. The van der Waals surface area contributed by atoms with Crippen molar-refractivity contribution < 1.29 is 4.79 Å². The zero-order chi connectivity index (χ0) is 23.0. The molecule has 174 valence electrons. The second kappa shape index (κ2) is 8.99. The summed E-state index contributed by atoms with van der Waals surface area (Å²) in [6.07, 6.45) is 9.35. The number of aromatic nitrogens is 1. The van der Waals surface area contributed by atoms with Crippen LogP contribution < -0.4 is 0 Å². The van der Waals surface area contributed by atoms with Gasteiger partial charge in [-0.2, -0.15) is 0 Å². The van der Waals surface area contributed by atoms with Gasteiger partial charge in [-0.15, -0.1) is 0 Å². The van der Waals surface area contributed by atoms with Crippen LogP contribution in [-0.4, -0.2) is 51.9 Å². The first-order chi connectivity index (χ1) is 16.8. The van der Waals surface area contributed by atoms with E-state index in [0.29, 0.717) is 11.8 Å². The van der Waals surface area contributed by atoms with Crippen molar-refractivity contribution in [2.24, 2.45) is 0 Å². The van der Waals surface area contributed by atoms with Crippen LogP contribution in [0.15, 0.2) is 85.2 Å². The first-order valence-electron chi connectivity index (χ1n) is 12.8. The monoisotopic (exact) mass is 451 g/mol. The molecule has 2 bridgehead atoms. The predicted molar refractivity (Wildman–Crippen MR) is 135 cm³/mol. The molecule has 4 heteroatoms. The maximum Gasteiger partial charge on any atom is 0.254 e. The molecule has 1 saturated carbocycles. The Labute approximate surface area is 202 Å². The van der Waals surface area contributed by atoms with E-state index < -0.39 is 0 Å². The number of nitrogens with zero attached hydrogens (tertiary/aromatic N) is 3. The van der Waals surface area contributed by atoms with Crippen molar-refractivity contribution in [2.75, 3.05) is 19.6 Å². The fourth-order valence-electron chi connectivity index (χ4n) is 7.08. The van der Waals surface area contributed by atoms with Crippen molar-refractivity contribution in [2.45, 2.75) is 55.5 Å². The molecule has 4 fully saturated rings. The summed E-state index contributed by atoms with van der Waals surface area (Å²) >= 11 is 0. The fraction of sp³-hybridized carbons (Fsp3) is 0.400. The summed E-state index contributed by atoms with van der Waals surface area (Å²) < 4.78 is 0. The van der Waals surface area contributed by atoms with Crippen LogP contribution in [0.25, 0.3) is 0 Å². The van der Waals surface area contributed by atoms with Crippen molar-refractivity contribution in [3.05, 3.63) is 102 Å². The van der Waals surface area contributed by atoms with Crippen LogP contribution in [0.5, 0.6) is 0 Å². The molecule has 4 nitrogen and oxygen atoms in total. The highest BCUT2D eigenvalue weighted by molar-refractivity contribution is 5.94. The molecule has 2 aromatic carbocycles. The molecule has 7 rings (SSSR count). The average molecular weight is 452 g/mol. The Kier molecular flexibility index (Phi) is 5.70. The van der Waals surface area contributed by atoms with E-state index >= 15 is 0 Å². The second-order valence-corrected chi connectivity index (χ2v) is 10.3. The minimum Gasteiger partial charge on any atom is -0.334 e. The molecular weight excluding hydrogens is 418 g/mol. The smallest absolute Gasteiger partial charge is 0.254 e. The summed E-state index contributed by atoms with van der Waals surface area (Å²) in [5.41, 5.74) is 3.62. The molecule has 4 heterocycles. The summed E-state index contributed by atoms with van der Waals surface area (Å²) in [5.74, 6) is 0.775. The van der Waals surface area contributed by atoms with Crippen LogP contribution in [0.1, 0.15) is 65.4 Å². The topological polar surface area (TPSA) is 36.4 Å². The van der Waals surface area contributed by atoms with Gasteiger partial charge in [0.05, 0.1) is 0 Å². The largest absolute Gasteiger partial charge is 0.334 e. The van der Waals surface area contributed by atoms with E-state index in [4.69, 9.17) is 0 Å². The molecule has 0 spiro atoms. The molecule has 3 saturated heterocycles. The fourth-order valence-corrected chi connectivity index (χ4v) is 7.08. The summed E-state index contributed by atoms with van der Waals surface area (Å²) in [4.78, 5) is 23.2. The summed E-state index contributed by atoms with van der Waals surface area (Å²) in [5, 5.41) is 0. The van der Waals surface area contributed by atoms with E-state index in [2.05, 4.69) is 75.4 Å². The minimum atomic E-state index is 0.140. The number of benzene rings is 2. The van der Waals surface area contributed by atoms with Gasteiger partial charge in [0.2, 0.25) is 0 Å². The molecule has 0 radical (unpaired) electrons. The van der Waals surface area contributed by atoms with Gasteiger partial charge in [0.25, 0.3) is 5.91 Å². The average Bonchev–Trinajstić information content (AvgIpc) is 3.35. The Morgan fingerprint density at radius 1 is 0.765 bits per heavy atom. The number of hydrogen-bond acceptors (Lipinski definition) is 3. The van der Waals surface area contributed by atoms with Crippen molar-refractivity contribution >= 4 is 5.91 Å². The van der Waals surface area contributed by atoms with Gasteiger partial charge in [-0.1, -0.05) is 60.7 Å².